The van der Waals surface area contributed by atoms with Crippen LogP contribution in [0.3, 0.4) is 0 Å². The lowest BCUT2D eigenvalue weighted by Gasteiger charge is -2.29. The van der Waals surface area contributed by atoms with Crippen LogP contribution >= 0.6 is 0 Å². The summed E-state index contributed by atoms with van der Waals surface area (Å²) in [4.78, 5) is 4.44. The maximum Gasteiger partial charge on any atom is 0.122 e. The molecule has 0 aromatic rings. The van der Waals surface area contributed by atoms with Crippen LogP contribution in [0.25, 0.3) is 0 Å². The van der Waals surface area contributed by atoms with Crippen LogP contribution in [-0.4, -0.2) is 49.1 Å². The van der Waals surface area contributed by atoms with Crippen molar-refractivity contribution in [3.63, 3.8) is 0 Å². The summed E-state index contributed by atoms with van der Waals surface area (Å²) in [6.45, 7) is 5.28. The summed E-state index contributed by atoms with van der Waals surface area (Å²) in [6, 6.07) is 2.45. The van der Waals surface area contributed by atoms with Gasteiger partial charge in [-0.3, -0.25) is 4.90 Å². The molecule has 1 fully saturated rings. The third-order valence-electron chi connectivity index (χ3n) is 2.93. The molecule has 1 aliphatic rings. The molecule has 1 saturated heterocycles. The van der Waals surface area contributed by atoms with E-state index in [-0.39, 0.29) is 5.54 Å². The molecule has 1 unspecified atom stereocenters. The molecule has 0 saturated carbocycles. The molecule has 0 aromatic heterocycles. The van der Waals surface area contributed by atoms with E-state index in [2.05, 4.69) is 22.8 Å². The zero-order chi connectivity index (χ0) is 9.90. The van der Waals surface area contributed by atoms with Crippen LogP contribution in [0, 0.1) is 11.3 Å². The standard InChI is InChI=1S/C10H19N3/c1-4-6-13-7-5-10(8-11,9-13)12(2)3/h4-7,9H2,1-3H3. The van der Waals surface area contributed by atoms with E-state index in [1.807, 2.05) is 14.1 Å². The maximum absolute atomic E-state index is 9.15. The second-order valence-electron chi connectivity index (χ2n) is 4.06. The molecule has 13 heavy (non-hydrogen) atoms. The van der Waals surface area contributed by atoms with Crippen LogP contribution in [0.1, 0.15) is 19.8 Å². The summed E-state index contributed by atoms with van der Waals surface area (Å²) >= 11 is 0. The number of likely N-dealkylation sites (tertiary alicyclic amines) is 1. The second kappa shape index (κ2) is 4.08. The fraction of sp³-hybridized carbons (Fsp3) is 0.900. The highest BCUT2D eigenvalue weighted by Gasteiger charge is 2.39. The van der Waals surface area contributed by atoms with E-state index in [0.29, 0.717) is 0 Å². The fourth-order valence-electron chi connectivity index (χ4n) is 1.93. The van der Waals surface area contributed by atoms with Gasteiger partial charge < -0.3 is 4.90 Å². The third-order valence-corrected chi connectivity index (χ3v) is 2.93. The van der Waals surface area contributed by atoms with Crippen LogP contribution in [0.15, 0.2) is 0 Å². The van der Waals surface area contributed by atoms with Crippen molar-refractivity contribution in [3.8, 4) is 6.07 Å². The molecule has 1 aliphatic heterocycles. The highest BCUT2D eigenvalue weighted by Crippen LogP contribution is 2.25. The Labute approximate surface area is 80.9 Å². The highest BCUT2D eigenvalue weighted by atomic mass is 15.3. The van der Waals surface area contributed by atoms with Crippen molar-refractivity contribution in [1.29, 1.82) is 5.26 Å². The third kappa shape index (κ3) is 2.01. The fourth-order valence-corrected chi connectivity index (χ4v) is 1.93. The van der Waals surface area contributed by atoms with Crippen molar-refractivity contribution in [3.05, 3.63) is 0 Å². The molecule has 0 aliphatic carbocycles. The van der Waals surface area contributed by atoms with Crippen molar-refractivity contribution in [2.75, 3.05) is 33.7 Å². The summed E-state index contributed by atoms with van der Waals surface area (Å²) < 4.78 is 0. The smallest absolute Gasteiger partial charge is 0.122 e. The Morgan fingerprint density at radius 2 is 2.23 bits per heavy atom. The van der Waals surface area contributed by atoms with Crippen LogP contribution in [0.5, 0.6) is 0 Å². The molecule has 0 bridgehead atoms. The number of nitrogens with zero attached hydrogens (tertiary/aromatic N) is 3. The van der Waals surface area contributed by atoms with Gasteiger partial charge in [-0.05, 0) is 33.5 Å². The van der Waals surface area contributed by atoms with Gasteiger partial charge in [-0.15, -0.1) is 0 Å². The van der Waals surface area contributed by atoms with Gasteiger partial charge in [-0.1, -0.05) is 6.92 Å². The first-order valence-electron chi connectivity index (χ1n) is 4.95. The first-order valence-corrected chi connectivity index (χ1v) is 4.95. The Kier molecular flexibility index (Phi) is 3.29. The van der Waals surface area contributed by atoms with E-state index in [4.69, 9.17) is 5.26 Å². The molecule has 0 aromatic carbocycles. The molecular weight excluding hydrogens is 162 g/mol. The minimum atomic E-state index is -0.227. The summed E-state index contributed by atoms with van der Waals surface area (Å²) in [5.41, 5.74) is -0.227. The predicted molar refractivity (Wildman–Crippen MR) is 53.4 cm³/mol. The normalized spacial score (nSPS) is 29.5. The van der Waals surface area contributed by atoms with E-state index in [9.17, 15) is 0 Å². The van der Waals surface area contributed by atoms with Gasteiger partial charge in [-0.2, -0.15) is 5.26 Å². The molecule has 3 nitrogen and oxygen atoms in total. The summed E-state index contributed by atoms with van der Waals surface area (Å²) in [5.74, 6) is 0. The molecule has 1 atom stereocenters. The minimum Gasteiger partial charge on any atom is -0.300 e. The van der Waals surface area contributed by atoms with E-state index in [1.165, 1.54) is 6.42 Å². The van der Waals surface area contributed by atoms with Crippen LogP contribution in [0.4, 0.5) is 0 Å². The predicted octanol–water partition coefficient (Wildman–Crippen LogP) is 0.926. The summed E-state index contributed by atoms with van der Waals surface area (Å²) in [6.07, 6.45) is 2.16. The van der Waals surface area contributed by atoms with Crippen molar-refractivity contribution in [1.82, 2.24) is 9.80 Å². The molecule has 1 heterocycles. The lowest BCUT2D eigenvalue weighted by molar-refractivity contribution is 0.209. The zero-order valence-electron chi connectivity index (χ0n) is 8.88. The quantitative estimate of drug-likeness (QED) is 0.649. The van der Waals surface area contributed by atoms with Crippen LogP contribution in [0.2, 0.25) is 0 Å². The lowest BCUT2D eigenvalue weighted by atomic mass is 10.00. The topological polar surface area (TPSA) is 30.3 Å². The Balaban J connectivity index is 2.59. The first-order chi connectivity index (χ1) is 6.14. The van der Waals surface area contributed by atoms with E-state index in [0.717, 1.165) is 26.1 Å². The largest absolute Gasteiger partial charge is 0.300 e. The Morgan fingerprint density at radius 1 is 1.54 bits per heavy atom. The molecular formula is C10H19N3. The van der Waals surface area contributed by atoms with Gasteiger partial charge in [-0.25, -0.2) is 0 Å². The number of hydrogen-bond acceptors (Lipinski definition) is 3. The van der Waals surface area contributed by atoms with Gasteiger partial charge in [0.2, 0.25) is 0 Å². The molecule has 0 amide bonds. The van der Waals surface area contributed by atoms with Gasteiger partial charge in [0.15, 0.2) is 0 Å². The Hall–Kier alpha value is -0.590. The minimum absolute atomic E-state index is 0.227. The molecule has 1 rings (SSSR count). The van der Waals surface area contributed by atoms with Gasteiger partial charge in [0.1, 0.15) is 5.54 Å². The molecule has 0 radical (unpaired) electrons. The first kappa shape index (κ1) is 10.5. The molecule has 74 valence electrons. The number of likely N-dealkylation sites (N-methyl/N-ethyl adjacent to an activating group) is 1. The average molecular weight is 181 g/mol. The van der Waals surface area contributed by atoms with Gasteiger partial charge in [0.05, 0.1) is 6.07 Å². The van der Waals surface area contributed by atoms with Crippen LogP contribution < -0.4 is 0 Å². The Morgan fingerprint density at radius 3 is 2.62 bits per heavy atom. The lowest BCUT2D eigenvalue weighted by Crippen LogP contribution is -2.45. The highest BCUT2D eigenvalue weighted by molar-refractivity contribution is 5.12. The average Bonchev–Trinajstić information content (AvgIpc) is 2.50. The summed E-state index contributed by atoms with van der Waals surface area (Å²) in [7, 11) is 4.00. The monoisotopic (exact) mass is 181 g/mol. The van der Waals surface area contributed by atoms with Gasteiger partial charge in [0.25, 0.3) is 0 Å². The zero-order valence-corrected chi connectivity index (χ0v) is 8.88. The maximum atomic E-state index is 9.15. The van der Waals surface area contributed by atoms with Crippen molar-refractivity contribution < 1.29 is 0 Å². The second-order valence-corrected chi connectivity index (χ2v) is 4.06. The van der Waals surface area contributed by atoms with Crippen molar-refractivity contribution in [2.45, 2.75) is 25.3 Å². The molecule has 0 spiro atoms. The summed E-state index contributed by atoms with van der Waals surface area (Å²) in [5, 5.41) is 9.15. The van der Waals surface area contributed by atoms with Crippen molar-refractivity contribution in [2.24, 2.45) is 0 Å². The van der Waals surface area contributed by atoms with Gasteiger partial charge in [0, 0.05) is 13.1 Å². The van der Waals surface area contributed by atoms with Gasteiger partial charge >= 0.3 is 0 Å². The number of rotatable bonds is 3. The Bertz CT molecular complexity index is 207. The van der Waals surface area contributed by atoms with Crippen molar-refractivity contribution >= 4 is 0 Å². The number of nitriles is 1. The van der Waals surface area contributed by atoms with E-state index < -0.39 is 0 Å². The van der Waals surface area contributed by atoms with E-state index in [1.54, 1.807) is 0 Å². The molecule has 0 N–H and O–H groups in total. The number of hydrogen-bond donors (Lipinski definition) is 0. The van der Waals surface area contributed by atoms with Crippen LogP contribution in [-0.2, 0) is 0 Å². The molecule has 3 heteroatoms. The SMILES string of the molecule is CCCN1CCC(C#N)(N(C)C)C1. The van der Waals surface area contributed by atoms with E-state index >= 15 is 0 Å².